The molecule has 0 aromatic carbocycles. The van der Waals surface area contributed by atoms with Crippen LogP contribution in [0.3, 0.4) is 0 Å². The van der Waals surface area contributed by atoms with Crippen molar-refractivity contribution in [2.45, 2.75) is 57.8 Å². The molecule has 0 radical (unpaired) electrons. The molecule has 1 aliphatic rings. The lowest BCUT2D eigenvalue weighted by Crippen LogP contribution is -2.37. The molecule has 5 heteroatoms. The fourth-order valence-electron chi connectivity index (χ4n) is 2.64. The molecule has 0 heterocycles. The Morgan fingerprint density at radius 1 is 1.21 bits per heavy atom. The molecule has 2 N–H and O–H groups in total. The van der Waals surface area contributed by atoms with Crippen molar-refractivity contribution in [1.82, 2.24) is 5.32 Å². The van der Waals surface area contributed by atoms with Gasteiger partial charge in [-0.25, -0.2) is 0 Å². The average molecular weight is 266 g/mol. The first kappa shape index (κ1) is 15.5. The normalized spacial score (nSPS) is 18.1. The predicted octanol–water partition coefficient (Wildman–Crippen LogP) is 2.22. The van der Waals surface area contributed by atoms with Crippen molar-refractivity contribution in [3.63, 3.8) is 0 Å². The van der Waals surface area contributed by atoms with E-state index in [0.717, 1.165) is 25.7 Å². The van der Waals surface area contributed by atoms with Crippen LogP contribution in [-0.4, -0.2) is 23.5 Å². The molecule has 0 aromatic heterocycles. The van der Waals surface area contributed by atoms with Crippen LogP contribution in [0.5, 0.6) is 0 Å². The zero-order valence-corrected chi connectivity index (χ0v) is 11.3. The minimum atomic E-state index is -0.879. The number of hydrogen-bond donors (Lipinski definition) is 2. The number of carboxylic acid groups (broad SMARTS) is 1. The summed E-state index contributed by atoms with van der Waals surface area (Å²) in [5, 5.41) is 20.6. The van der Waals surface area contributed by atoms with Crippen molar-refractivity contribution in [3.8, 4) is 6.07 Å². The number of hydrogen-bond acceptors (Lipinski definition) is 3. The average Bonchev–Trinajstić information content (AvgIpc) is 2.61. The Morgan fingerprint density at radius 2 is 1.84 bits per heavy atom. The first-order chi connectivity index (χ1) is 9.10. The lowest BCUT2D eigenvalue weighted by molar-refractivity contribution is -0.152. The first-order valence-corrected chi connectivity index (χ1v) is 6.98. The Hall–Kier alpha value is -1.57. The molecule has 106 valence electrons. The highest BCUT2D eigenvalue weighted by Crippen LogP contribution is 2.38. The summed E-state index contributed by atoms with van der Waals surface area (Å²) in [6.07, 6.45) is 6.14. The van der Waals surface area contributed by atoms with Gasteiger partial charge in [0, 0.05) is 19.4 Å². The molecule has 0 unspecified atom stereocenters. The second kappa shape index (κ2) is 7.78. The lowest BCUT2D eigenvalue weighted by Gasteiger charge is -2.27. The zero-order chi connectivity index (χ0) is 14.1. The number of aliphatic carboxylic acids is 1. The van der Waals surface area contributed by atoms with Crippen LogP contribution >= 0.6 is 0 Å². The molecule has 5 nitrogen and oxygen atoms in total. The second-order valence-corrected chi connectivity index (χ2v) is 5.29. The van der Waals surface area contributed by atoms with E-state index in [1.165, 1.54) is 0 Å². The van der Waals surface area contributed by atoms with E-state index in [2.05, 4.69) is 5.32 Å². The van der Waals surface area contributed by atoms with Gasteiger partial charge in [-0.3, -0.25) is 9.59 Å². The summed E-state index contributed by atoms with van der Waals surface area (Å²) >= 11 is 0. The number of carbonyl (C=O) groups excluding carboxylic acids is 1. The van der Waals surface area contributed by atoms with Crippen molar-refractivity contribution in [3.05, 3.63) is 0 Å². The van der Waals surface area contributed by atoms with Gasteiger partial charge >= 0.3 is 5.97 Å². The number of nitrogens with zero attached hydrogens (tertiary/aromatic N) is 1. The van der Waals surface area contributed by atoms with E-state index in [0.29, 0.717) is 32.2 Å². The molecule has 19 heavy (non-hydrogen) atoms. The molecular weight excluding hydrogens is 244 g/mol. The minimum Gasteiger partial charge on any atom is -0.481 e. The van der Waals surface area contributed by atoms with Crippen molar-refractivity contribution in [2.75, 3.05) is 6.54 Å². The van der Waals surface area contributed by atoms with E-state index in [1.807, 2.05) is 6.07 Å². The molecule has 1 fully saturated rings. The third kappa shape index (κ3) is 4.90. The molecule has 1 aliphatic carbocycles. The van der Waals surface area contributed by atoms with Gasteiger partial charge in [0.2, 0.25) is 5.91 Å². The number of nitrogens with one attached hydrogen (secondary N) is 1. The maximum atomic E-state index is 11.8. The Bertz CT molecular complexity index is 352. The van der Waals surface area contributed by atoms with E-state index in [9.17, 15) is 14.7 Å². The van der Waals surface area contributed by atoms with Crippen molar-refractivity contribution in [2.24, 2.45) is 5.41 Å². The van der Waals surface area contributed by atoms with Gasteiger partial charge < -0.3 is 10.4 Å². The van der Waals surface area contributed by atoms with E-state index < -0.39 is 11.4 Å². The van der Waals surface area contributed by atoms with Gasteiger partial charge in [-0.2, -0.15) is 5.26 Å². The van der Waals surface area contributed by atoms with Crippen LogP contribution in [0.15, 0.2) is 0 Å². The summed E-state index contributed by atoms with van der Waals surface area (Å²) in [5.41, 5.74) is -0.879. The number of carbonyl (C=O) groups is 2. The maximum absolute atomic E-state index is 11.8. The number of amides is 1. The zero-order valence-electron chi connectivity index (χ0n) is 11.3. The van der Waals surface area contributed by atoms with Gasteiger partial charge in [-0.15, -0.1) is 0 Å². The molecule has 0 bridgehead atoms. The van der Waals surface area contributed by atoms with E-state index >= 15 is 0 Å². The Kier molecular flexibility index (Phi) is 6.34. The summed E-state index contributed by atoms with van der Waals surface area (Å²) < 4.78 is 0. The molecule has 0 spiro atoms. The third-order valence-corrected chi connectivity index (χ3v) is 3.80. The largest absolute Gasteiger partial charge is 0.481 e. The van der Waals surface area contributed by atoms with Gasteiger partial charge in [0.05, 0.1) is 11.5 Å². The van der Waals surface area contributed by atoms with E-state index in [1.54, 1.807) is 0 Å². The standard InChI is InChI=1S/C14H22N2O3/c15-9-5-6-10-16-12(17)11-14(13(18)19)7-3-1-2-4-8-14/h1-8,10-11H2,(H,16,17)(H,18,19). The Morgan fingerprint density at radius 3 is 2.37 bits per heavy atom. The first-order valence-electron chi connectivity index (χ1n) is 6.98. The van der Waals surface area contributed by atoms with Gasteiger partial charge in [-0.1, -0.05) is 25.7 Å². The van der Waals surface area contributed by atoms with Crippen LogP contribution in [0.25, 0.3) is 0 Å². The highest BCUT2D eigenvalue weighted by molar-refractivity contribution is 5.85. The predicted molar refractivity (Wildman–Crippen MR) is 70.2 cm³/mol. The lowest BCUT2D eigenvalue weighted by atomic mass is 9.77. The minimum absolute atomic E-state index is 0.0644. The number of nitriles is 1. The van der Waals surface area contributed by atoms with Crippen LogP contribution in [0, 0.1) is 16.7 Å². The van der Waals surface area contributed by atoms with E-state index in [-0.39, 0.29) is 12.3 Å². The fourth-order valence-corrected chi connectivity index (χ4v) is 2.64. The number of unbranched alkanes of at least 4 members (excludes halogenated alkanes) is 1. The Labute approximate surface area is 114 Å². The van der Waals surface area contributed by atoms with Crippen molar-refractivity contribution >= 4 is 11.9 Å². The van der Waals surface area contributed by atoms with Crippen molar-refractivity contribution < 1.29 is 14.7 Å². The number of rotatable bonds is 6. The van der Waals surface area contributed by atoms with Crippen LogP contribution in [-0.2, 0) is 9.59 Å². The van der Waals surface area contributed by atoms with Gasteiger partial charge in [0.1, 0.15) is 0 Å². The van der Waals surface area contributed by atoms with Crippen LogP contribution in [0.2, 0.25) is 0 Å². The topological polar surface area (TPSA) is 90.2 Å². The molecule has 0 atom stereocenters. The Balaban J connectivity index is 2.50. The van der Waals surface area contributed by atoms with Crippen LogP contribution in [0.1, 0.15) is 57.8 Å². The highest BCUT2D eigenvalue weighted by Gasteiger charge is 2.40. The quantitative estimate of drug-likeness (QED) is 0.569. The summed E-state index contributed by atoms with van der Waals surface area (Å²) in [5.74, 6) is -1.05. The number of carboxylic acids is 1. The smallest absolute Gasteiger partial charge is 0.310 e. The van der Waals surface area contributed by atoms with Crippen LogP contribution in [0.4, 0.5) is 0 Å². The fraction of sp³-hybridized carbons (Fsp3) is 0.786. The summed E-state index contributed by atoms with van der Waals surface area (Å²) in [4.78, 5) is 23.4. The summed E-state index contributed by atoms with van der Waals surface area (Å²) in [6.45, 7) is 0.447. The monoisotopic (exact) mass is 266 g/mol. The molecular formula is C14H22N2O3. The highest BCUT2D eigenvalue weighted by atomic mass is 16.4. The third-order valence-electron chi connectivity index (χ3n) is 3.80. The molecule has 1 amide bonds. The van der Waals surface area contributed by atoms with E-state index in [4.69, 9.17) is 5.26 Å². The molecule has 0 saturated heterocycles. The SMILES string of the molecule is N#CCCCNC(=O)CC1(C(=O)O)CCCCCC1. The molecule has 1 saturated carbocycles. The van der Waals surface area contributed by atoms with Crippen molar-refractivity contribution in [1.29, 1.82) is 5.26 Å². The molecule has 0 aliphatic heterocycles. The maximum Gasteiger partial charge on any atom is 0.310 e. The van der Waals surface area contributed by atoms with Crippen LogP contribution < -0.4 is 5.32 Å². The summed E-state index contributed by atoms with van der Waals surface area (Å²) in [7, 11) is 0. The summed E-state index contributed by atoms with van der Waals surface area (Å²) in [6, 6.07) is 2.01. The second-order valence-electron chi connectivity index (χ2n) is 5.29. The van der Waals surface area contributed by atoms with Gasteiger partial charge in [0.15, 0.2) is 0 Å². The molecule has 1 rings (SSSR count). The van der Waals surface area contributed by atoms with Gasteiger partial charge in [0.25, 0.3) is 0 Å². The molecule has 0 aromatic rings. The van der Waals surface area contributed by atoms with Gasteiger partial charge in [-0.05, 0) is 19.3 Å².